The number of nitrogens with zero attached hydrogens (tertiary/aromatic N) is 1. The first-order valence-corrected chi connectivity index (χ1v) is 5.59. The quantitative estimate of drug-likeness (QED) is 0.620. The lowest BCUT2D eigenvalue weighted by molar-refractivity contribution is 0.253. The third-order valence-electron chi connectivity index (χ3n) is 3.15. The molecule has 0 radical (unpaired) electrons. The molecule has 2 atom stereocenters. The lowest BCUT2D eigenvalue weighted by Crippen LogP contribution is -2.27. The van der Waals surface area contributed by atoms with E-state index in [1.54, 1.807) is 0 Å². The van der Waals surface area contributed by atoms with Gasteiger partial charge in [-0.3, -0.25) is 0 Å². The second-order valence-electron chi connectivity index (χ2n) is 4.77. The molecular weight excluding hydrogens is 170 g/mol. The average molecular weight is 193 g/mol. The molecule has 1 aliphatic rings. The van der Waals surface area contributed by atoms with Crippen molar-refractivity contribution >= 4 is 0 Å². The Bertz CT molecular complexity index is 203. The van der Waals surface area contributed by atoms with Crippen molar-refractivity contribution in [3.63, 3.8) is 0 Å². The van der Waals surface area contributed by atoms with Gasteiger partial charge in [0, 0.05) is 6.54 Å². The first kappa shape index (κ1) is 11.5. The summed E-state index contributed by atoms with van der Waals surface area (Å²) < 4.78 is 0. The van der Waals surface area contributed by atoms with Crippen LogP contribution in [-0.4, -0.2) is 25.5 Å². The predicted octanol–water partition coefficient (Wildman–Crippen LogP) is 2.95. The zero-order valence-corrected chi connectivity index (χ0v) is 9.90. The summed E-state index contributed by atoms with van der Waals surface area (Å²) in [6.45, 7) is 5.89. The SMILES string of the molecule is CC(CN(C)C)C(C)C1C=CCC=C1. The summed E-state index contributed by atoms with van der Waals surface area (Å²) >= 11 is 0. The molecule has 14 heavy (non-hydrogen) atoms. The molecule has 0 saturated carbocycles. The molecular formula is C13H23N. The summed E-state index contributed by atoms with van der Waals surface area (Å²) in [4.78, 5) is 2.28. The summed E-state index contributed by atoms with van der Waals surface area (Å²) in [5.74, 6) is 2.14. The van der Waals surface area contributed by atoms with Crippen molar-refractivity contribution in [2.45, 2.75) is 20.3 Å². The van der Waals surface area contributed by atoms with Gasteiger partial charge in [-0.1, -0.05) is 38.2 Å². The maximum atomic E-state index is 2.36. The third kappa shape index (κ3) is 3.30. The van der Waals surface area contributed by atoms with E-state index in [4.69, 9.17) is 0 Å². The van der Waals surface area contributed by atoms with E-state index in [1.165, 1.54) is 6.54 Å². The van der Waals surface area contributed by atoms with Gasteiger partial charge < -0.3 is 4.90 Å². The van der Waals surface area contributed by atoms with Gasteiger partial charge in [-0.05, 0) is 38.3 Å². The Morgan fingerprint density at radius 3 is 2.29 bits per heavy atom. The van der Waals surface area contributed by atoms with Gasteiger partial charge in [0.2, 0.25) is 0 Å². The maximum Gasteiger partial charge on any atom is 0.000379 e. The van der Waals surface area contributed by atoms with Crippen LogP contribution < -0.4 is 0 Å². The molecule has 1 nitrogen and oxygen atoms in total. The fraction of sp³-hybridized carbons (Fsp3) is 0.692. The van der Waals surface area contributed by atoms with E-state index in [0.717, 1.165) is 18.3 Å². The monoisotopic (exact) mass is 193 g/mol. The molecule has 0 bridgehead atoms. The summed E-state index contributed by atoms with van der Waals surface area (Å²) in [5.41, 5.74) is 0. The zero-order chi connectivity index (χ0) is 10.6. The minimum atomic E-state index is 0.652. The van der Waals surface area contributed by atoms with Crippen LogP contribution in [0.4, 0.5) is 0 Å². The van der Waals surface area contributed by atoms with Gasteiger partial charge in [0.25, 0.3) is 0 Å². The smallest absolute Gasteiger partial charge is 0.000379 e. The fourth-order valence-electron chi connectivity index (χ4n) is 2.09. The Morgan fingerprint density at radius 2 is 1.79 bits per heavy atom. The molecule has 0 amide bonds. The minimum Gasteiger partial charge on any atom is -0.309 e. The molecule has 0 saturated heterocycles. The molecule has 1 rings (SSSR count). The number of hydrogen-bond acceptors (Lipinski definition) is 1. The largest absolute Gasteiger partial charge is 0.309 e. The van der Waals surface area contributed by atoms with Gasteiger partial charge in [0.05, 0.1) is 0 Å². The highest BCUT2D eigenvalue weighted by Gasteiger charge is 2.19. The Kier molecular flexibility index (Phi) is 4.40. The van der Waals surface area contributed by atoms with Crippen LogP contribution in [0.3, 0.4) is 0 Å². The van der Waals surface area contributed by atoms with Crippen LogP contribution in [0.25, 0.3) is 0 Å². The lowest BCUT2D eigenvalue weighted by atomic mass is 9.82. The number of allylic oxidation sites excluding steroid dienone is 4. The van der Waals surface area contributed by atoms with E-state index in [0.29, 0.717) is 5.92 Å². The van der Waals surface area contributed by atoms with Gasteiger partial charge in [0.15, 0.2) is 0 Å². The molecule has 1 aliphatic carbocycles. The van der Waals surface area contributed by atoms with Crippen LogP contribution in [0, 0.1) is 17.8 Å². The molecule has 0 spiro atoms. The zero-order valence-electron chi connectivity index (χ0n) is 9.90. The highest BCUT2D eigenvalue weighted by atomic mass is 15.1. The van der Waals surface area contributed by atoms with Crippen molar-refractivity contribution in [1.29, 1.82) is 0 Å². The molecule has 0 heterocycles. The van der Waals surface area contributed by atoms with Gasteiger partial charge in [0.1, 0.15) is 0 Å². The van der Waals surface area contributed by atoms with E-state index < -0.39 is 0 Å². The highest BCUT2D eigenvalue weighted by molar-refractivity contribution is 5.10. The highest BCUT2D eigenvalue weighted by Crippen LogP contribution is 2.25. The molecule has 0 N–H and O–H groups in total. The number of rotatable bonds is 4. The standard InChI is InChI=1S/C13H23N/c1-11(10-14(3)4)12(2)13-8-6-5-7-9-13/h6-9,11-13H,5,10H2,1-4H3. The second-order valence-corrected chi connectivity index (χ2v) is 4.77. The van der Waals surface area contributed by atoms with Gasteiger partial charge in [-0.2, -0.15) is 0 Å². The van der Waals surface area contributed by atoms with E-state index in [1.807, 2.05) is 0 Å². The molecule has 0 fully saturated rings. The van der Waals surface area contributed by atoms with E-state index in [2.05, 4.69) is 57.1 Å². The van der Waals surface area contributed by atoms with E-state index >= 15 is 0 Å². The van der Waals surface area contributed by atoms with Crippen molar-refractivity contribution in [2.75, 3.05) is 20.6 Å². The molecule has 1 heteroatoms. The van der Waals surface area contributed by atoms with Gasteiger partial charge in [-0.15, -0.1) is 0 Å². The maximum absolute atomic E-state index is 2.36. The summed E-state index contributed by atoms with van der Waals surface area (Å²) in [6, 6.07) is 0. The van der Waals surface area contributed by atoms with E-state index in [-0.39, 0.29) is 0 Å². The van der Waals surface area contributed by atoms with Crippen molar-refractivity contribution in [3.05, 3.63) is 24.3 Å². The van der Waals surface area contributed by atoms with Crippen molar-refractivity contribution < 1.29 is 0 Å². The Hall–Kier alpha value is -0.560. The van der Waals surface area contributed by atoms with Crippen LogP contribution >= 0.6 is 0 Å². The summed E-state index contributed by atoms with van der Waals surface area (Å²) in [5, 5.41) is 0. The Balaban J connectivity index is 2.46. The van der Waals surface area contributed by atoms with Gasteiger partial charge in [-0.25, -0.2) is 0 Å². The fourth-order valence-corrected chi connectivity index (χ4v) is 2.09. The van der Waals surface area contributed by atoms with Crippen LogP contribution in [0.1, 0.15) is 20.3 Å². The van der Waals surface area contributed by atoms with Crippen molar-refractivity contribution in [1.82, 2.24) is 4.90 Å². The Morgan fingerprint density at radius 1 is 1.21 bits per heavy atom. The second kappa shape index (κ2) is 5.35. The van der Waals surface area contributed by atoms with Crippen LogP contribution in [0.2, 0.25) is 0 Å². The summed E-state index contributed by atoms with van der Waals surface area (Å²) in [7, 11) is 4.30. The average Bonchev–Trinajstić information content (AvgIpc) is 2.17. The first-order valence-electron chi connectivity index (χ1n) is 5.59. The van der Waals surface area contributed by atoms with Crippen LogP contribution in [-0.2, 0) is 0 Å². The molecule has 2 unspecified atom stereocenters. The Labute approximate surface area is 88.5 Å². The first-order chi connectivity index (χ1) is 6.61. The molecule has 0 aromatic rings. The van der Waals surface area contributed by atoms with Gasteiger partial charge >= 0.3 is 0 Å². The van der Waals surface area contributed by atoms with E-state index in [9.17, 15) is 0 Å². The van der Waals surface area contributed by atoms with Crippen LogP contribution in [0.5, 0.6) is 0 Å². The molecule has 0 aliphatic heterocycles. The topological polar surface area (TPSA) is 3.24 Å². The third-order valence-corrected chi connectivity index (χ3v) is 3.15. The minimum absolute atomic E-state index is 0.652. The lowest BCUT2D eigenvalue weighted by Gasteiger charge is -2.28. The summed E-state index contributed by atoms with van der Waals surface area (Å²) in [6.07, 6.45) is 10.4. The van der Waals surface area contributed by atoms with Crippen molar-refractivity contribution in [2.24, 2.45) is 17.8 Å². The van der Waals surface area contributed by atoms with Crippen LogP contribution in [0.15, 0.2) is 24.3 Å². The predicted molar refractivity (Wildman–Crippen MR) is 63.3 cm³/mol. The number of hydrogen-bond donors (Lipinski definition) is 0. The van der Waals surface area contributed by atoms with Crippen molar-refractivity contribution in [3.8, 4) is 0 Å². The molecule has 0 aromatic carbocycles. The molecule has 0 aromatic heterocycles. The molecule has 80 valence electrons. The normalized spacial score (nSPS) is 21.5.